The average molecular weight is 323 g/mol. The Balaban J connectivity index is 1.74. The first-order valence-electron chi connectivity index (χ1n) is 7.68. The van der Waals surface area contributed by atoms with Gasteiger partial charge in [0.1, 0.15) is 6.04 Å². The Morgan fingerprint density at radius 2 is 1.50 bits per heavy atom. The van der Waals surface area contributed by atoms with Gasteiger partial charge in [-0.05, 0) is 24.6 Å². The van der Waals surface area contributed by atoms with Crippen LogP contribution in [0.25, 0.3) is 0 Å². The van der Waals surface area contributed by atoms with Crippen molar-refractivity contribution < 1.29 is 19.1 Å². The van der Waals surface area contributed by atoms with Crippen LogP contribution in [0.5, 0.6) is 0 Å². The van der Waals surface area contributed by atoms with E-state index < -0.39 is 17.9 Å². The fraction of sp³-hybridized carbons (Fsp3) is 0.211. The van der Waals surface area contributed by atoms with Crippen LogP contribution < -0.4 is 0 Å². The summed E-state index contributed by atoms with van der Waals surface area (Å²) in [6, 6.07) is 15.2. The third-order valence-corrected chi connectivity index (χ3v) is 3.99. The summed E-state index contributed by atoms with van der Waals surface area (Å²) in [6.07, 6.45) is 0. The van der Waals surface area contributed by atoms with Crippen molar-refractivity contribution in [1.82, 2.24) is 4.90 Å². The van der Waals surface area contributed by atoms with E-state index in [0.29, 0.717) is 17.7 Å². The number of carbonyl (C=O) groups excluding carboxylic acids is 3. The molecule has 122 valence electrons. The summed E-state index contributed by atoms with van der Waals surface area (Å²) in [4.78, 5) is 38.0. The quantitative estimate of drug-likeness (QED) is 0.766. The van der Waals surface area contributed by atoms with Gasteiger partial charge >= 0.3 is 0 Å². The molecule has 0 saturated heterocycles. The normalized spacial score (nSPS) is 14.6. The third-order valence-electron chi connectivity index (χ3n) is 3.99. The van der Waals surface area contributed by atoms with Crippen LogP contribution in [0.4, 0.5) is 0 Å². The molecular weight excluding hydrogens is 306 g/mol. The van der Waals surface area contributed by atoms with Crippen LogP contribution in [0.1, 0.15) is 33.2 Å². The number of fused-ring (bicyclic) bond motifs is 1. The molecule has 5 nitrogen and oxygen atoms in total. The van der Waals surface area contributed by atoms with Gasteiger partial charge in [0.25, 0.3) is 11.8 Å². The van der Waals surface area contributed by atoms with E-state index in [0.717, 1.165) is 10.5 Å². The molecule has 0 N–H and O–H groups in total. The number of nitrogens with zero attached hydrogens (tertiary/aromatic N) is 1. The summed E-state index contributed by atoms with van der Waals surface area (Å²) in [7, 11) is 0. The maximum Gasteiger partial charge on any atom is 0.262 e. The Morgan fingerprint density at radius 1 is 0.958 bits per heavy atom. The highest BCUT2D eigenvalue weighted by molar-refractivity contribution is 6.22. The monoisotopic (exact) mass is 323 g/mol. The summed E-state index contributed by atoms with van der Waals surface area (Å²) < 4.78 is 5.58. The van der Waals surface area contributed by atoms with Gasteiger partial charge in [-0.25, -0.2) is 0 Å². The number of imide groups is 1. The molecule has 24 heavy (non-hydrogen) atoms. The number of ketones is 1. The van der Waals surface area contributed by atoms with Gasteiger partial charge in [0.05, 0.1) is 24.3 Å². The summed E-state index contributed by atoms with van der Waals surface area (Å²) in [5, 5.41) is 0. The average Bonchev–Trinajstić information content (AvgIpc) is 2.84. The second-order valence-corrected chi connectivity index (χ2v) is 5.65. The van der Waals surface area contributed by atoms with Crippen molar-refractivity contribution in [1.29, 1.82) is 0 Å². The molecule has 0 aromatic heterocycles. The predicted molar refractivity (Wildman–Crippen MR) is 87.5 cm³/mol. The topological polar surface area (TPSA) is 63.7 Å². The number of amides is 2. The van der Waals surface area contributed by atoms with Crippen LogP contribution in [0.15, 0.2) is 54.6 Å². The molecule has 0 radical (unpaired) electrons. The van der Waals surface area contributed by atoms with E-state index in [9.17, 15) is 14.4 Å². The summed E-state index contributed by atoms with van der Waals surface area (Å²) in [5.74, 6) is -1.17. The lowest BCUT2D eigenvalue weighted by molar-refractivity contribution is -0.122. The van der Waals surface area contributed by atoms with Gasteiger partial charge in [-0.2, -0.15) is 0 Å². The van der Waals surface area contributed by atoms with E-state index in [-0.39, 0.29) is 12.4 Å². The number of hydrogen-bond donors (Lipinski definition) is 0. The molecule has 1 atom stereocenters. The molecule has 1 heterocycles. The molecule has 0 fully saturated rings. The standard InChI is InChI=1S/C19H17NO4/c1-13(21)17(12-24-11-14-7-3-2-4-8-14)20-18(22)15-9-5-6-10-16(15)19(20)23/h2-10,17H,11-12H2,1H3. The molecule has 0 bridgehead atoms. The SMILES string of the molecule is CC(=O)C(COCc1ccccc1)N1C(=O)c2ccccc2C1=O. The third kappa shape index (κ3) is 2.98. The lowest BCUT2D eigenvalue weighted by Crippen LogP contribution is -2.46. The van der Waals surface area contributed by atoms with Gasteiger partial charge in [-0.3, -0.25) is 19.3 Å². The highest BCUT2D eigenvalue weighted by Gasteiger charge is 2.41. The van der Waals surface area contributed by atoms with Crippen LogP contribution in [-0.4, -0.2) is 35.1 Å². The van der Waals surface area contributed by atoms with E-state index in [4.69, 9.17) is 4.74 Å². The number of hydrogen-bond acceptors (Lipinski definition) is 4. The number of Topliss-reactive ketones (excluding diaryl/α,β-unsaturated/α-hetero) is 1. The second kappa shape index (κ2) is 6.76. The minimum atomic E-state index is -0.916. The van der Waals surface area contributed by atoms with Crippen LogP contribution in [0, 0.1) is 0 Å². The van der Waals surface area contributed by atoms with Gasteiger partial charge in [-0.15, -0.1) is 0 Å². The molecule has 1 unspecified atom stereocenters. The van der Waals surface area contributed by atoms with Crippen molar-refractivity contribution in [2.45, 2.75) is 19.6 Å². The Bertz CT molecular complexity index is 750. The Labute approximate surface area is 139 Å². The smallest absolute Gasteiger partial charge is 0.262 e. The fourth-order valence-electron chi connectivity index (χ4n) is 2.73. The van der Waals surface area contributed by atoms with Gasteiger partial charge in [0, 0.05) is 0 Å². The lowest BCUT2D eigenvalue weighted by atomic mass is 10.1. The van der Waals surface area contributed by atoms with E-state index >= 15 is 0 Å². The molecule has 5 heteroatoms. The molecule has 1 aliphatic rings. The zero-order chi connectivity index (χ0) is 17.1. The van der Waals surface area contributed by atoms with Crippen molar-refractivity contribution >= 4 is 17.6 Å². The van der Waals surface area contributed by atoms with E-state index in [1.165, 1.54) is 6.92 Å². The number of ether oxygens (including phenoxy) is 1. The Morgan fingerprint density at radius 3 is 2.04 bits per heavy atom. The van der Waals surface area contributed by atoms with E-state index in [2.05, 4.69) is 0 Å². The van der Waals surface area contributed by atoms with Crippen molar-refractivity contribution in [2.75, 3.05) is 6.61 Å². The van der Waals surface area contributed by atoms with Crippen LogP contribution in [0.2, 0.25) is 0 Å². The predicted octanol–water partition coefficient (Wildman–Crippen LogP) is 2.46. The van der Waals surface area contributed by atoms with Crippen molar-refractivity contribution in [2.24, 2.45) is 0 Å². The highest BCUT2D eigenvalue weighted by Crippen LogP contribution is 2.25. The number of carbonyl (C=O) groups is 3. The summed E-state index contributed by atoms with van der Waals surface area (Å²) in [6.45, 7) is 1.66. The molecule has 0 aliphatic carbocycles. The van der Waals surface area contributed by atoms with E-state index in [1.807, 2.05) is 30.3 Å². The Kier molecular flexibility index (Phi) is 4.53. The second-order valence-electron chi connectivity index (χ2n) is 5.65. The van der Waals surface area contributed by atoms with E-state index in [1.54, 1.807) is 24.3 Å². The fourth-order valence-corrected chi connectivity index (χ4v) is 2.73. The zero-order valence-corrected chi connectivity index (χ0v) is 13.3. The summed E-state index contributed by atoms with van der Waals surface area (Å²) >= 11 is 0. The van der Waals surface area contributed by atoms with Gasteiger partial charge in [-0.1, -0.05) is 42.5 Å². The number of rotatable bonds is 6. The first kappa shape index (κ1) is 16.1. The van der Waals surface area contributed by atoms with Crippen LogP contribution >= 0.6 is 0 Å². The highest BCUT2D eigenvalue weighted by atomic mass is 16.5. The minimum absolute atomic E-state index is 0.0182. The molecule has 2 aromatic rings. The maximum absolute atomic E-state index is 12.5. The molecule has 3 rings (SSSR count). The van der Waals surface area contributed by atoms with Gasteiger partial charge in [0.15, 0.2) is 5.78 Å². The largest absolute Gasteiger partial charge is 0.374 e. The molecule has 0 saturated carbocycles. The molecule has 0 spiro atoms. The number of benzene rings is 2. The molecular formula is C19H17NO4. The van der Waals surface area contributed by atoms with Crippen molar-refractivity contribution in [3.8, 4) is 0 Å². The lowest BCUT2D eigenvalue weighted by Gasteiger charge is -2.23. The molecule has 2 aromatic carbocycles. The minimum Gasteiger partial charge on any atom is -0.374 e. The van der Waals surface area contributed by atoms with Crippen LogP contribution in [0.3, 0.4) is 0 Å². The van der Waals surface area contributed by atoms with Crippen LogP contribution in [-0.2, 0) is 16.1 Å². The first-order chi connectivity index (χ1) is 11.6. The molecule has 1 aliphatic heterocycles. The first-order valence-corrected chi connectivity index (χ1v) is 7.68. The molecule has 2 amide bonds. The Hall–Kier alpha value is -2.79. The van der Waals surface area contributed by atoms with Gasteiger partial charge in [0.2, 0.25) is 0 Å². The summed E-state index contributed by atoms with van der Waals surface area (Å²) in [5.41, 5.74) is 1.62. The van der Waals surface area contributed by atoms with Gasteiger partial charge < -0.3 is 4.74 Å². The maximum atomic E-state index is 12.5. The van der Waals surface area contributed by atoms with Crippen molar-refractivity contribution in [3.05, 3.63) is 71.3 Å². The zero-order valence-electron chi connectivity index (χ0n) is 13.3. The van der Waals surface area contributed by atoms with Crippen molar-refractivity contribution in [3.63, 3.8) is 0 Å².